The number of nitrogens with zero attached hydrogens (tertiary/aromatic N) is 2. The molecule has 4 nitrogen and oxygen atoms in total. The number of rotatable bonds is 9. The molecule has 0 N–H and O–H groups in total. The molecule has 1 heterocycles. The third kappa shape index (κ3) is 5.33. The fraction of sp³-hybridized carbons (Fsp3) is 0.321. The predicted molar refractivity (Wildman–Crippen MR) is 136 cm³/mol. The van der Waals surface area contributed by atoms with Crippen LogP contribution >= 0.6 is 11.6 Å². The summed E-state index contributed by atoms with van der Waals surface area (Å²) in [5, 5.41) is 0.733. The molecule has 4 aromatic rings. The summed E-state index contributed by atoms with van der Waals surface area (Å²) in [5.41, 5.74) is 4.36. The zero-order valence-corrected chi connectivity index (χ0v) is 20.5. The number of halogens is 1. The van der Waals surface area contributed by atoms with Crippen LogP contribution in [0.2, 0.25) is 5.02 Å². The van der Waals surface area contributed by atoms with Gasteiger partial charge in [0.25, 0.3) is 0 Å². The van der Waals surface area contributed by atoms with E-state index in [0.29, 0.717) is 19.1 Å². The van der Waals surface area contributed by atoms with Crippen LogP contribution in [0.4, 0.5) is 0 Å². The van der Waals surface area contributed by atoms with E-state index in [0.717, 1.165) is 45.4 Å². The Bertz CT molecular complexity index is 1220. The number of fused-ring (bicyclic) bond motifs is 1. The number of hydrogen-bond acceptors (Lipinski definition) is 3. The molecule has 0 aliphatic carbocycles. The third-order valence-corrected chi connectivity index (χ3v) is 6.56. The van der Waals surface area contributed by atoms with Crippen molar-refractivity contribution in [2.75, 3.05) is 6.61 Å². The van der Waals surface area contributed by atoms with E-state index in [-0.39, 0.29) is 6.10 Å². The van der Waals surface area contributed by atoms with Crippen LogP contribution in [0.1, 0.15) is 56.2 Å². The van der Waals surface area contributed by atoms with Crippen LogP contribution in [0.25, 0.3) is 11.0 Å². The number of ether oxygens (including phenoxy) is 2. The van der Waals surface area contributed by atoms with Crippen LogP contribution in [0, 0.1) is 6.92 Å². The van der Waals surface area contributed by atoms with Crippen LogP contribution in [-0.2, 0) is 6.54 Å². The first kappa shape index (κ1) is 23.2. The molecule has 33 heavy (non-hydrogen) atoms. The molecule has 0 aliphatic heterocycles. The highest BCUT2D eigenvalue weighted by atomic mass is 35.5. The zero-order valence-electron chi connectivity index (χ0n) is 19.7. The Kier molecular flexibility index (Phi) is 7.24. The summed E-state index contributed by atoms with van der Waals surface area (Å²) in [6.45, 7) is 9.67. The molecular weight excluding hydrogens is 432 g/mol. The highest BCUT2D eigenvalue weighted by molar-refractivity contribution is 6.31. The molecule has 0 spiro atoms. The first-order valence-corrected chi connectivity index (χ1v) is 11.9. The quantitative estimate of drug-likeness (QED) is 0.255. The molecular formula is C28H31ClN2O2. The second-order valence-corrected chi connectivity index (χ2v) is 8.92. The Balaban J connectivity index is 1.50. The minimum atomic E-state index is -0.229. The van der Waals surface area contributed by atoms with Crippen molar-refractivity contribution in [1.29, 1.82) is 0 Å². The van der Waals surface area contributed by atoms with E-state index < -0.39 is 0 Å². The maximum atomic E-state index is 6.23. The standard InChI is InChI=1S/C28H31ClN2O2/c1-5-19(2)22-10-12-23(13-11-22)32-17-16-31-27-9-7-6-8-26(27)30-28(31)21(4)33-24-14-15-25(29)20(3)18-24/h6-15,18-19,21H,5,16-17H2,1-4H3. The van der Waals surface area contributed by atoms with Gasteiger partial charge in [0.1, 0.15) is 18.1 Å². The first-order chi connectivity index (χ1) is 16.0. The van der Waals surface area contributed by atoms with Gasteiger partial charge in [-0.05, 0) is 79.8 Å². The Morgan fingerprint density at radius 2 is 1.70 bits per heavy atom. The van der Waals surface area contributed by atoms with Crippen molar-refractivity contribution in [3.8, 4) is 11.5 Å². The minimum absolute atomic E-state index is 0.229. The topological polar surface area (TPSA) is 36.3 Å². The lowest BCUT2D eigenvalue weighted by atomic mass is 9.99. The smallest absolute Gasteiger partial charge is 0.153 e. The summed E-state index contributed by atoms with van der Waals surface area (Å²) in [4.78, 5) is 4.87. The fourth-order valence-corrected chi connectivity index (χ4v) is 4.09. The SMILES string of the molecule is CCC(C)c1ccc(OCCn2c(C(C)Oc3ccc(Cl)c(C)c3)nc3ccccc32)cc1. The number of imidazole rings is 1. The number of para-hydroxylation sites is 2. The maximum Gasteiger partial charge on any atom is 0.153 e. The molecule has 4 rings (SSSR count). The Morgan fingerprint density at radius 1 is 0.970 bits per heavy atom. The summed E-state index contributed by atoms with van der Waals surface area (Å²) < 4.78 is 14.5. The van der Waals surface area contributed by atoms with Crippen molar-refractivity contribution in [3.05, 3.63) is 88.7 Å². The Labute approximate surface area is 201 Å². The molecule has 0 saturated carbocycles. The average molecular weight is 463 g/mol. The van der Waals surface area contributed by atoms with Crippen LogP contribution in [-0.4, -0.2) is 16.2 Å². The van der Waals surface area contributed by atoms with Crippen LogP contribution in [0.3, 0.4) is 0 Å². The highest BCUT2D eigenvalue weighted by Gasteiger charge is 2.18. The van der Waals surface area contributed by atoms with Crippen molar-refractivity contribution in [1.82, 2.24) is 9.55 Å². The van der Waals surface area contributed by atoms with Crippen molar-refractivity contribution >= 4 is 22.6 Å². The molecule has 5 heteroatoms. The summed E-state index contributed by atoms with van der Waals surface area (Å²) in [6, 6.07) is 22.3. The van der Waals surface area contributed by atoms with Gasteiger partial charge in [-0.1, -0.05) is 49.7 Å². The number of aryl methyl sites for hydroxylation is 1. The van der Waals surface area contributed by atoms with Gasteiger partial charge in [0, 0.05) is 5.02 Å². The molecule has 0 amide bonds. The van der Waals surface area contributed by atoms with E-state index in [2.05, 4.69) is 48.7 Å². The zero-order chi connectivity index (χ0) is 23.4. The normalized spacial score (nSPS) is 13.1. The van der Waals surface area contributed by atoms with Crippen LogP contribution in [0.5, 0.6) is 11.5 Å². The summed E-state index contributed by atoms with van der Waals surface area (Å²) >= 11 is 6.17. The monoisotopic (exact) mass is 462 g/mol. The van der Waals surface area contributed by atoms with E-state index in [4.69, 9.17) is 26.1 Å². The molecule has 0 aliphatic rings. The van der Waals surface area contributed by atoms with Crippen molar-refractivity contribution in [2.24, 2.45) is 0 Å². The number of hydrogen-bond donors (Lipinski definition) is 0. The predicted octanol–water partition coefficient (Wildman–Crippen LogP) is 7.73. The molecule has 2 unspecified atom stereocenters. The van der Waals surface area contributed by atoms with E-state index in [1.807, 2.05) is 50.2 Å². The summed E-state index contributed by atoms with van der Waals surface area (Å²) in [5.74, 6) is 3.10. The van der Waals surface area contributed by atoms with E-state index in [9.17, 15) is 0 Å². The van der Waals surface area contributed by atoms with Gasteiger partial charge < -0.3 is 14.0 Å². The lowest BCUT2D eigenvalue weighted by Crippen LogP contribution is -2.15. The van der Waals surface area contributed by atoms with E-state index >= 15 is 0 Å². The average Bonchev–Trinajstić information content (AvgIpc) is 3.20. The van der Waals surface area contributed by atoms with Crippen LogP contribution in [0.15, 0.2) is 66.7 Å². The lowest BCUT2D eigenvalue weighted by molar-refractivity contribution is 0.207. The first-order valence-electron chi connectivity index (χ1n) is 11.6. The second kappa shape index (κ2) is 10.3. The molecule has 172 valence electrons. The molecule has 0 saturated heterocycles. The number of aromatic nitrogens is 2. The lowest BCUT2D eigenvalue weighted by Gasteiger charge is -2.18. The molecule has 1 aromatic heterocycles. The van der Waals surface area contributed by atoms with Gasteiger partial charge in [-0.25, -0.2) is 4.98 Å². The van der Waals surface area contributed by atoms with Gasteiger partial charge in [0.05, 0.1) is 17.6 Å². The van der Waals surface area contributed by atoms with Crippen molar-refractivity contribution in [2.45, 2.75) is 52.7 Å². The van der Waals surface area contributed by atoms with E-state index in [1.54, 1.807) is 0 Å². The van der Waals surface area contributed by atoms with Crippen molar-refractivity contribution < 1.29 is 9.47 Å². The second-order valence-electron chi connectivity index (χ2n) is 8.51. The molecule has 0 fully saturated rings. The van der Waals surface area contributed by atoms with Crippen LogP contribution < -0.4 is 9.47 Å². The molecule has 0 bridgehead atoms. The summed E-state index contributed by atoms with van der Waals surface area (Å²) in [6.07, 6.45) is 0.903. The van der Waals surface area contributed by atoms with Gasteiger partial charge in [-0.15, -0.1) is 0 Å². The largest absolute Gasteiger partial charge is 0.492 e. The van der Waals surface area contributed by atoms with Gasteiger partial charge in [-0.2, -0.15) is 0 Å². The third-order valence-electron chi connectivity index (χ3n) is 6.14. The van der Waals surface area contributed by atoms with Crippen molar-refractivity contribution in [3.63, 3.8) is 0 Å². The van der Waals surface area contributed by atoms with Gasteiger partial charge in [0.2, 0.25) is 0 Å². The minimum Gasteiger partial charge on any atom is -0.492 e. The summed E-state index contributed by atoms with van der Waals surface area (Å²) in [7, 11) is 0. The molecule has 2 atom stereocenters. The Morgan fingerprint density at radius 3 is 2.42 bits per heavy atom. The van der Waals surface area contributed by atoms with E-state index in [1.165, 1.54) is 5.56 Å². The maximum absolute atomic E-state index is 6.23. The Hall–Kier alpha value is -2.98. The van der Waals surface area contributed by atoms with Gasteiger partial charge in [0.15, 0.2) is 11.9 Å². The highest BCUT2D eigenvalue weighted by Crippen LogP contribution is 2.28. The van der Waals surface area contributed by atoms with Gasteiger partial charge >= 0.3 is 0 Å². The molecule has 3 aromatic carbocycles. The fourth-order valence-electron chi connectivity index (χ4n) is 3.97. The van der Waals surface area contributed by atoms with Gasteiger partial charge in [-0.3, -0.25) is 0 Å². The molecule has 0 radical (unpaired) electrons. The number of benzene rings is 3.